The Balaban J connectivity index is 1.88. The predicted octanol–water partition coefficient (Wildman–Crippen LogP) is 4.06. The Kier molecular flexibility index (Phi) is 10.5. The second kappa shape index (κ2) is 13.6. The summed E-state index contributed by atoms with van der Waals surface area (Å²) in [6, 6.07) is -1.08. The number of nitrogens with one attached hydrogen (secondary N) is 2. The number of aliphatic hydroxyl groups excluding tert-OH is 1. The van der Waals surface area contributed by atoms with Crippen molar-refractivity contribution in [2.45, 2.75) is 98.4 Å². The zero-order valence-corrected chi connectivity index (χ0v) is 25.2. The standard InChI is InChI=1S/C28H39N5O9/c1-9-14(34)19(24-33-22(26(36)38-8)17(12-4)41-24)31-23(35)20-15(10-2)40-25(32-20)21-16(11-3)39-18(30-21)13-29-27(37)42-28(5,6)7/h14,19,34H,9-13H2,1-8H3,(H,29,37)(H,31,35). The highest BCUT2D eigenvalue weighted by molar-refractivity contribution is 5.94. The first-order valence-electron chi connectivity index (χ1n) is 13.9. The Hall–Kier alpha value is -4.20. The summed E-state index contributed by atoms with van der Waals surface area (Å²) in [4.78, 5) is 50.7. The van der Waals surface area contributed by atoms with Crippen molar-refractivity contribution in [3.63, 3.8) is 0 Å². The zero-order valence-electron chi connectivity index (χ0n) is 25.2. The maximum atomic E-state index is 13.5. The van der Waals surface area contributed by atoms with E-state index in [1.54, 1.807) is 41.5 Å². The number of aromatic nitrogens is 3. The number of ether oxygens (including phenoxy) is 2. The molecule has 0 aromatic carbocycles. The molecule has 0 bridgehead atoms. The Labute approximate surface area is 243 Å². The minimum atomic E-state index is -1.08. The molecule has 3 rings (SSSR count). The first-order chi connectivity index (χ1) is 19.8. The topological polar surface area (TPSA) is 192 Å². The van der Waals surface area contributed by atoms with Gasteiger partial charge in [-0.15, -0.1) is 0 Å². The second-order valence-corrected chi connectivity index (χ2v) is 10.3. The van der Waals surface area contributed by atoms with E-state index < -0.39 is 35.7 Å². The van der Waals surface area contributed by atoms with Crippen LogP contribution in [0.25, 0.3) is 11.6 Å². The number of hydrogen-bond acceptors (Lipinski definition) is 12. The lowest BCUT2D eigenvalue weighted by Gasteiger charge is -2.20. The summed E-state index contributed by atoms with van der Waals surface area (Å²) in [5, 5.41) is 16.0. The smallest absolute Gasteiger partial charge is 0.408 e. The van der Waals surface area contributed by atoms with E-state index in [9.17, 15) is 19.5 Å². The third kappa shape index (κ3) is 7.55. The lowest BCUT2D eigenvalue weighted by atomic mass is 10.1. The molecule has 3 N–H and O–H groups in total. The SMILES string of the molecule is CCc1oc(-c2nc(CNC(=O)OC(C)(C)C)oc2CC)nc1C(=O)NC(c1nc(C(=O)OC)c(CC)o1)C(O)CC. The molecule has 3 aromatic heterocycles. The van der Waals surface area contributed by atoms with Crippen LogP contribution in [0.5, 0.6) is 0 Å². The van der Waals surface area contributed by atoms with Crippen LogP contribution in [-0.2, 0) is 35.3 Å². The van der Waals surface area contributed by atoms with Crippen molar-refractivity contribution in [2.24, 2.45) is 0 Å². The molecule has 0 fully saturated rings. The van der Waals surface area contributed by atoms with Gasteiger partial charge in [0.05, 0.1) is 19.8 Å². The number of carbonyl (C=O) groups excluding carboxylic acids is 3. The average Bonchev–Trinajstić information content (AvgIpc) is 3.69. The summed E-state index contributed by atoms with van der Waals surface area (Å²) in [5.41, 5.74) is -0.409. The molecule has 14 nitrogen and oxygen atoms in total. The molecular weight excluding hydrogens is 550 g/mol. The minimum Gasteiger partial charge on any atom is -0.464 e. The first-order valence-corrected chi connectivity index (χ1v) is 13.9. The number of aliphatic hydroxyl groups is 1. The lowest BCUT2D eigenvalue weighted by molar-refractivity contribution is 0.0517. The summed E-state index contributed by atoms with van der Waals surface area (Å²) < 4.78 is 27.5. The largest absolute Gasteiger partial charge is 0.464 e. The quantitative estimate of drug-likeness (QED) is 0.257. The van der Waals surface area contributed by atoms with Gasteiger partial charge in [-0.1, -0.05) is 27.7 Å². The van der Waals surface area contributed by atoms with E-state index >= 15 is 0 Å². The van der Waals surface area contributed by atoms with Gasteiger partial charge in [-0.05, 0) is 27.2 Å². The van der Waals surface area contributed by atoms with Gasteiger partial charge in [0.25, 0.3) is 5.91 Å². The molecule has 230 valence electrons. The molecule has 0 aliphatic rings. The summed E-state index contributed by atoms with van der Waals surface area (Å²) >= 11 is 0. The number of methoxy groups -OCH3 is 1. The number of esters is 1. The molecule has 2 unspecified atom stereocenters. The fourth-order valence-electron chi connectivity index (χ4n) is 3.98. The molecule has 3 heterocycles. The van der Waals surface area contributed by atoms with Gasteiger partial charge in [0.15, 0.2) is 17.1 Å². The molecule has 42 heavy (non-hydrogen) atoms. The average molecular weight is 590 g/mol. The maximum Gasteiger partial charge on any atom is 0.408 e. The third-order valence-electron chi connectivity index (χ3n) is 6.05. The zero-order chi connectivity index (χ0) is 31.2. The number of hydrogen-bond donors (Lipinski definition) is 3. The summed E-state index contributed by atoms with van der Waals surface area (Å²) in [5.74, 6) is -0.104. The van der Waals surface area contributed by atoms with Crippen molar-refractivity contribution in [2.75, 3.05) is 7.11 Å². The summed E-state index contributed by atoms with van der Waals surface area (Å²) in [6.07, 6.45) is -0.331. The molecule has 0 saturated heterocycles. The van der Waals surface area contributed by atoms with Crippen molar-refractivity contribution in [1.29, 1.82) is 0 Å². The monoisotopic (exact) mass is 589 g/mol. The van der Waals surface area contributed by atoms with Crippen molar-refractivity contribution in [1.82, 2.24) is 25.6 Å². The van der Waals surface area contributed by atoms with Crippen LogP contribution in [0.15, 0.2) is 13.3 Å². The van der Waals surface area contributed by atoms with Crippen LogP contribution < -0.4 is 10.6 Å². The molecule has 14 heteroatoms. The van der Waals surface area contributed by atoms with Gasteiger partial charge in [-0.3, -0.25) is 4.79 Å². The van der Waals surface area contributed by atoms with Crippen LogP contribution in [0, 0.1) is 0 Å². The number of amides is 2. The molecule has 2 atom stereocenters. The highest BCUT2D eigenvalue weighted by Gasteiger charge is 2.33. The molecular formula is C28H39N5O9. The van der Waals surface area contributed by atoms with E-state index in [4.69, 9.17) is 22.7 Å². The molecule has 3 aromatic rings. The normalized spacial score (nSPS) is 13.0. The number of aryl methyl sites for hydroxylation is 3. The molecule has 0 saturated carbocycles. The van der Waals surface area contributed by atoms with Gasteiger partial charge in [-0.25, -0.2) is 24.5 Å². The van der Waals surface area contributed by atoms with Crippen LogP contribution in [0.3, 0.4) is 0 Å². The van der Waals surface area contributed by atoms with Crippen LogP contribution in [-0.4, -0.2) is 56.8 Å². The Morgan fingerprint density at radius 2 is 1.55 bits per heavy atom. The van der Waals surface area contributed by atoms with Crippen molar-refractivity contribution >= 4 is 18.0 Å². The van der Waals surface area contributed by atoms with Gasteiger partial charge < -0.3 is 38.5 Å². The predicted molar refractivity (Wildman–Crippen MR) is 148 cm³/mol. The molecule has 0 spiro atoms. The third-order valence-corrected chi connectivity index (χ3v) is 6.05. The van der Waals surface area contributed by atoms with E-state index in [-0.39, 0.29) is 53.5 Å². The molecule has 2 amide bonds. The Morgan fingerprint density at radius 3 is 2.12 bits per heavy atom. The van der Waals surface area contributed by atoms with Crippen LogP contribution in [0.1, 0.15) is 111 Å². The highest BCUT2D eigenvalue weighted by Crippen LogP contribution is 2.28. The molecule has 0 aliphatic heterocycles. The van der Waals surface area contributed by atoms with Crippen LogP contribution in [0.2, 0.25) is 0 Å². The van der Waals surface area contributed by atoms with Gasteiger partial charge in [-0.2, -0.15) is 0 Å². The second-order valence-electron chi connectivity index (χ2n) is 10.3. The van der Waals surface area contributed by atoms with Crippen LogP contribution in [0.4, 0.5) is 4.79 Å². The number of rotatable bonds is 12. The van der Waals surface area contributed by atoms with E-state index in [1.807, 2.05) is 6.92 Å². The maximum absolute atomic E-state index is 13.5. The van der Waals surface area contributed by atoms with E-state index in [0.717, 1.165) is 0 Å². The number of alkyl carbamates (subject to hydrolysis) is 1. The lowest BCUT2D eigenvalue weighted by Crippen LogP contribution is -2.37. The molecule has 0 radical (unpaired) electrons. The van der Waals surface area contributed by atoms with Crippen molar-refractivity contribution in [3.05, 3.63) is 40.5 Å². The molecule has 0 aliphatic carbocycles. The minimum absolute atomic E-state index is 0.0188. The van der Waals surface area contributed by atoms with Crippen molar-refractivity contribution < 1.29 is 42.2 Å². The van der Waals surface area contributed by atoms with Crippen LogP contribution >= 0.6 is 0 Å². The van der Waals surface area contributed by atoms with E-state index in [0.29, 0.717) is 30.7 Å². The van der Waals surface area contributed by atoms with Gasteiger partial charge >= 0.3 is 12.1 Å². The summed E-state index contributed by atoms with van der Waals surface area (Å²) in [6.45, 7) is 12.4. The highest BCUT2D eigenvalue weighted by atomic mass is 16.6. The van der Waals surface area contributed by atoms with Gasteiger partial charge in [0.1, 0.15) is 28.9 Å². The summed E-state index contributed by atoms with van der Waals surface area (Å²) in [7, 11) is 1.23. The Morgan fingerprint density at radius 1 is 0.905 bits per heavy atom. The number of nitrogens with zero attached hydrogens (tertiary/aromatic N) is 3. The van der Waals surface area contributed by atoms with E-state index in [2.05, 4.69) is 25.6 Å². The first kappa shape index (κ1) is 32.3. The van der Waals surface area contributed by atoms with Crippen molar-refractivity contribution in [3.8, 4) is 11.6 Å². The van der Waals surface area contributed by atoms with Gasteiger partial charge in [0.2, 0.25) is 17.7 Å². The Bertz CT molecular complexity index is 1400. The van der Waals surface area contributed by atoms with E-state index in [1.165, 1.54) is 7.11 Å². The fourth-order valence-corrected chi connectivity index (χ4v) is 3.98. The fraction of sp³-hybridized carbons (Fsp3) is 0.571. The number of carbonyl (C=O) groups is 3. The number of oxazole rings is 3. The van der Waals surface area contributed by atoms with Gasteiger partial charge in [0, 0.05) is 19.3 Å².